The molecule has 0 atom stereocenters. The van der Waals surface area contributed by atoms with E-state index in [0.717, 1.165) is 29.3 Å². The molecule has 0 bridgehead atoms. The van der Waals surface area contributed by atoms with Gasteiger partial charge in [0.15, 0.2) is 0 Å². The maximum absolute atomic E-state index is 11.5. The molecule has 1 amide bonds. The third kappa shape index (κ3) is 4.11. The zero-order valence-corrected chi connectivity index (χ0v) is 13.3. The van der Waals surface area contributed by atoms with Crippen molar-refractivity contribution in [1.29, 1.82) is 0 Å². The first-order valence-corrected chi connectivity index (χ1v) is 8.58. The standard InChI is InChI=1S/C14H18N2O2S2/c1-3-6-15-13(17)9-19-8-11-10(2)18-14(16-11)12-5-4-7-20-12/h4-5,7H,3,6,8-9H2,1-2H3,(H,15,17). The Balaban J connectivity index is 1.86. The molecule has 0 aromatic carbocycles. The first-order chi connectivity index (χ1) is 9.70. The molecule has 2 aromatic heterocycles. The lowest BCUT2D eigenvalue weighted by Gasteiger charge is -2.02. The molecule has 2 rings (SSSR count). The molecule has 2 aromatic rings. The summed E-state index contributed by atoms with van der Waals surface area (Å²) in [6.45, 7) is 4.69. The minimum Gasteiger partial charge on any atom is -0.440 e. The van der Waals surface area contributed by atoms with Gasteiger partial charge < -0.3 is 9.73 Å². The van der Waals surface area contributed by atoms with Crippen LogP contribution in [0.15, 0.2) is 21.9 Å². The van der Waals surface area contributed by atoms with Gasteiger partial charge in [0.1, 0.15) is 5.76 Å². The number of amides is 1. The quantitative estimate of drug-likeness (QED) is 0.851. The Bertz CT molecular complexity index is 550. The van der Waals surface area contributed by atoms with E-state index in [4.69, 9.17) is 4.42 Å². The van der Waals surface area contributed by atoms with Crippen LogP contribution in [0.3, 0.4) is 0 Å². The van der Waals surface area contributed by atoms with E-state index < -0.39 is 0 Å². The van der Waals surface area contributed by atoms with Crippen LogP contribution >= 0.6 is 23.1 Å². The van der Waals surface area contributed by atoms with Gasteiger partial charge in [-0.3, -0.25) is 4.79 Å². The van der Waals surface area contributed by atoms with Crippen molar-refractivity contribution in [1.82, 2.24) is 10.3 Å². The van der Waals surface area contributed by atoms with E-state index in [2.05, 4.69) is 10.3 Å². The number of aromatic nitrogens is 1. The molecule has 1 N–H and O–H groups in total. The number of carbonyl (C=O) groups excluding carboxylic acids is 1. The Morgan fingerprint density at radius 2 is 2.40 bits per heavy atom. The summed E-state index contributed by atoms with van der Waals surface area (Å²) >= 11 is 3.17. The largest absolute Gasteiger partial charge is 0.440 e. The Labute approximate surface area is 127 Å². The topological polar surface area (TPSA) is 55.1 Å². The van der Waals surface area contributed by atoms with E-state index in [0.29, 0.717) is 17.4 Å². The number of rotatable bonds is 7. The number of oxazole rings is 1. The molecule has 0 unspecified atom stereocenters. The second-order valence-electron chi connectivity index (χ2n) is 4.34. The van der Waals surface area contributed by atoms with Gasteiger partial charge in [0, 0.05) is 12.3 Å². The Kier molecular flexibility index (Phi) is 5.67. The molecule has 20 heavy (non-hydrogen) atoms. The highest BCUT2D eigenvalue weighted by molar-refractivity contribution is 7.99. The van der Waals surface area contributed by atoms with Crippen LogP contribution in [0.4, 0.5) is 0 Å². The van der Waals surface area contributed by atoms with E-state index in [1.165, 1.54) is 0 Å². The van der Waals surface area contributed by atoms with Gasteiger partial charge >= 0.3 is 0 Å². The summed E-state index contributed by atoms with van der Waals surface area (Å²) in [6.07, 6.45) is 0.961. The zero-order valence-electron chi connectivity index (χ0n) is 11.6. The van der Waals surface area contributed by atoms with Gasteiger partial charge in [0.25, 0.3) is 0 Å². The highest BCUT2D eigenvalue weighted by Crippen LogP contribution is 2.27. The summed E-state index contributed by atoms with van der Waals surface area (Å²) < 4.78 is 5.67. The number of nitrogens with zero attached hydrogens (tertiary/aromatic N) is 1. The average Bonchev–Trinajstić information content (AvgIpc) is 3.06. The molecule has 0 saturated heterocycles. The summed E-state index contributed by atoms with van der Waals surface area (Å²) in [5.74, 6) is 2.73. The fourth-order valence-corrected chi connectivity index (χ4v) is 3.12. The van der Waals surface area contributed by atoms with Crippen LogP contribution in [0.2, 0.25) is 0 Å². The molecule has 0 radical (unpaired) electrons. The maximum atomic E-state index is 11.5. The number of aryl methyl sites for hydroxylation is 1. The smallest absolute Gasteiger partial charge is 0.236 e. The molecule has 0 aliphatic rings. The van der Waals surface area contributed by atoms with E-state index in [9.17, 15) is 4.79 Å². The van der Waals surface area contributed by atoms with Crippen molar-refractivity contribution in [3.63, 3.8) is 0 Å². The number of thiophene rings is 1. The third-order valence-corrected chi connectivity index (χ3v) is 4.47. The predicted octanol–water partition coefficient (Wildman–Crippen LogP) is 3.47. The molecule has 0 saturated carbocycles. The van der Waals surface area contributed by atoms with Gasteiger partial charge in [0.05, 0.1) is 16.3 Å². The Hall–Kier alpha value is -1.27. The van der Waals surface area contributed by atoms with Gasteiger partial charge in [-0.2, -0.15) is 0 Å². The van der Waals surface area contributed by atoms with E-state index in [1.807, 2.05) is 31.4 Å². The molecule has 0 aliphatic carbocycles. The molecular weight excluding hydrogens is 292 g/mol. The van der Waals surface area contributed by atoms with E-state index in [1.54, 1.807) is 23.1 Å². The predicted molar refractivity (Wildman–Crippen MR) is 84.0 cm³/mol. The first-order valence-electron chi connectivity index (χ1n) is 6.55. The molecule has 2 heterocycles. The van der Waals surface area contributed by atoms with Crippen molar-refractivity contribution >= 4 is 29.0 Å². The lowest BCUT2D eigenvalue weighted by Crippen LogP contribution is -2.25. The van der Waals surface area contributed by atoms with Crippen LogP contribution in [-0.4, -0.2) is 23.2 Å². The number of hydrogen-bond acceptors (Lipinski definition) is 5. The molecule has 0 fully saturated rings. The van der Waals surface area contributed by atoms with Crippen molar-refractivity contribution in [3.8, 4) is 10.8 Å². The van der Waals surface area contributed by atoms with Gasteiger partial charge in [0.2, 0.25) is 11.8 Å². The summed E-state index contributed by atoms with van der Waals surface area (Å²) in [6, 6.07) is 3.97. The Morgan fingerprint density at radius 1 is 1.55 bits per heavy atom. The number of hydrogen-bond donors (Lipinski definition) is 1. The maximum Gasteiger partial charge on any atom is 0.236 e. The van der Waals surface area contributed by atoms with Gasteiger partial charge in [-0.15, -0.1) is 23.1 Å². The molecule has 0 aliphatic heterocycles. The highest BCUT2D eigenvalue weighted by atomic mass is 32.2. The average molecular weight is 310 g/mol. The van der Waals surface area contributed by atoms with Crippen LogP contribution in [0.25, 0.3) is 10.8 Å². The van der Waals surface area contributed by atoms with Gasteiger partial charge in [-0.25, -0.2) is 4.98 Å². The van der Waals surface area contributed by atoms with Crippen molar-refractivity contribution in [2.45, 2.75) is 26.0 Å². The fraction of sp³-hybridized carbons (Fsp3) is 0.429. The monoisotopic (exact) mass is 310 g/mol. The molecule has 4 nitrogen and oxygen atoms in total. The lowest BCUT2D eigenvalue weighted by molar-refractivity contribution is -0.118. The van der Waals surface area contributed by atoms with Crippen LogP contribution in [0.1, 0.15) is 24.8 Å². The van der Waals surface area contributed by atoms with Crippen molar-refractivity contribution < 1.29 is 9.21 Å². The molecule has 108 valence electrons. The SMILES string of the molecule is CCCNC(=O)CSCc1nc(-c2cccs2)oc1C. The minimum absolute atomic E-state index is 0.0801. The molecule has 6 heteroatoms. The van der Waals surface area contributed by atoms with Crippen molar-refractivity contribution in [3.05, 3.63) is 29.0 Å². The number of thioether (sulfide) groups is 1. The summed E-state index contributed by atoms with van der Waals surface area (Å²) in [4.78, 5) is 17.0. The second-order valence-corrected chi connectivity index (χ2v) is 6.28. The van der Waals surface area contributed by atoms with Crippen LogP contribution < -0.4 is 5.32 Å². The number of carbonyl (C=O) groups is 1. The van der Waals surface area contributed by atoms with Crippen LogP contribution in [-0.2, 0) is 10.5 Å². The summed E-state index contributed by atoms with van der Waals surface area (Å²) in [5.41, 5.74) is 0.918. The minimum atomic E-state index is 0.0801. The highest BCUT2D eigenvalue weighted by Gasteiger charge is 2.12. The lowest BCUT2D eigenvalue weighted by atomic mass is 10.4. The third-order valence-electron chi connectivity index (χ3n) is 2.67. The van der Waals surface area contributed by atoms with Crippen molar-refractivity contribution in [2.75, 3.05) is 12.3 Å². The first kappa shape index (κ1) is 15.1. The molecule has 0 spiro atoms. The zero-order chi connectivity index (χ0) is 14.4. The normalized spacial score (nSPS) is 10.7. The van der Waals surface area contributed by atoms with Crippen LogP contribution in [0, 0.1) is 6.92 Å². The summed E-state index contributed by atoms with van der Waals surface area (Å²) in [5, 5.41) is 4.86. The number of nitrogens with one attached hydrogen (secondary N) is 1. The molecular formula is C14H18N2O2S2. The van der Waals surface area contributed by atoms with Crippen molar-refractivity contribution in [2.24, 2.45) is 0 Å². The Morgan fingerprint density at radius 3 is 3.10 bits per heavy atom. The summed E-state index contributed by atoms with van der Waals surface area (Å²) in [7, 11) is 0. The van der Waals surface area contributed by atoms with Gasteiger partial charge in [-0.1, -0.05) is 13.0 Å². The van der Waals surface area contributed by atoms with E-state index in [-0.39, 0.29) is 5.91 Å². The van der Waals surface area contributed by atoms with E-state index >= 15 is 0 Å². The fourth-order valence-electron chi connectivity index (χ4n) is 1.62. The second kappa shape index (κ2) is 7.50. The van der Waals surface area contributed by atoms with Gasteiger partial charge in [-0.05, 0) is 24.8 Å². The van der Waals surface area contributed by atoms with Crippen LogP contribution in [0.5, 0.6) is 0 Å².